The monoisotopic (exact) mass is 281 g/mol. The summed E-state index contributed by atoms with van der Waals surface area (Å²) in [5.74, 6) is 0. The van der Waals surface area contributed by atoms with Gasteiger partial charge in [-0.05, 0) is 36.0 Å². The van der Waals surface area contributed by atoms with E-state index in [0.29, 0.717) is 12.6 Å². The number of aliphatic hydroxyl groups excluding tert-OH is 1. The molecule has 2 aromatic rings. The minimum atomic E-state index is -0.443. The molecule has 2 aromatic carbocycles. The van der Waals surface area contributed by atoms with Crippen LogP contribution in [0.3, 0.4) is 0 Å². The topological polar surface area (TPSA) is 32.3 Å². The van der Waals surface area contributed by atoms with Crippen LogP contribution in [0.5, 0.6) is 0 Å². The summed E-state index contributed by atoms with van der Waals surface area (Å²) >= 11 is 0. The molecule has 0 aliphatic heterocycles. The summed E-state index contributed by atoms with van der Waals surface area (Å²) in [6.07, 6.45) is 4.39. The zero-order valence-electron chi connectivity index (χ0n) is 12.3. The predicted octanol–water partition coefficient (Wildman–Crippen LogP) is 3.78. The van der Waals surface area contributed by atoms with Gasteiger partial charge < -0.3 is 10.4 Å². The Morgan fingerprint density at radius 2 is 1.76 bits per heavy atom. The second kappa shape index (κ2) is 6.88. The van der Waals surface area contributed by atoms with E-state index in [0.717, 1.165) is 12.0 Å². The van der Waals surface area contributed by atoms with Crippen molar-refractivity contribution in [2.45, 2.75) is 37.8 Å². The molecule has 0 bridgehead atoms. The summed E-state index contributed by atoms with van der Waals surface area (Å²) < 4.78 is 0. The van der Waals surface area contributed by atoms with E-state index >= 15 is 0 Å². The summed E-state index contributed by atoms with van der Waals surface area (Å²) in [6, 6.07) is 19.0. The fraction of sp³-hybridized carbons (Fsp3) is 0.368. The molecule has 2 heteroatoms. The molecule has 0 spiro atoms. The molecule has 110 valence electrons. The molecule has 21 heavy (non-hydrogen) atoms. The first-order valence-corrected chi connectivity index (χ1v) is 7.89. The Bertz CT molecular complexity index is 567. The number of fused-ring (bicyclic) bond motifs is 1. The average Bonchev–Trinajstić information content (AvgIpc) is 2.76. The molecule has 0 saturated carbocycles. The fourth-order valence-corrected chi connectivity index (χ4v) is 3.18. The summed E-state index contributed by atoms with van der Waals surface area (Å²) in [6.45, 7) is 0.600. The lowest BCUT2D eigenvalue weighted by Gasteiger charge is -2.21. The highest BCUT2D eigenvalue weighted by atomic mass is 16.3. The van der Waals surface area contributed by atoms with Crippen molar-refractivity contribution in [3.63, 3.8) is 0 Å². The minimum absolute atomic E-state index is 0.363. The Morgan fingerprint density at radius 3 is 2.62 bits per heavy atom. The maximum absolute atomic E-state index is 10.3. The van der Waals surface area contributed by atoms with Gasteiger partial charge in [0.15, 0.2) is 0 Å². The van der Waals surface area contributed by atoms with Crippen LogP contribution in [-0.2, 0) is 6.42 Å². The summed E-state index contributed by atoms with van der Waals surface area (Å²) in [7, 11) is 0. The SMILES string of the molecule is OC(CNC1CCCCc2ccccc21)c1ccccc1. The number of benzene rings is 2. The van der Waals surface area contributed by atoms with E-state index in [1.165, 1.54) is 30.4 Å². The van der Waals surface area contributed by atoms with Gasteiger partial charge in [-0.15, -0.1) is 0 Å². The first-order chi connectivity index (χ1) is 10.3. The van der Waals surface area contributed by atoms with Gasteiger partial charge in [0.1, 0.15) is 0 Å². The Labute approximate surface area is 126 Å². The standard InChI is InChI=1S/C19H23NO/c21-19(16-10-2-1-3-11-16)14-20-18-13-7-5-9-15-8-4-6-12-17(15)18/h1-4,6,8,10-12,18-21H,5,7,9,13-14H2. The lowest BCUT2D eigenvalue weighted by atomic mass is 9.98. The molecule has 0 aromatic heterocycles. The van der Waals surface area contributed by atoms with Gasteiger partial charge in [-0.25, -0.2) is 0 Å². The first kappa shape index (κ1) is 14.3. The molecule has 0 fully saturated rings. The molecule has 0 heterocycles. The van der Waals surface area contributed by atoms with Crippen molar-refractivity contribution >= 4 is 0 Å². The zero-order valence-corrected chi connectivity index (χ0v) is 12.3. The third-order valence-electron chi connectivity index (χ3n) is 4.36. The molecular weight excluding hydrogens is 258 g/mol. The number of hydrogen-bond acceptors (Lipinski definition) is 2. The number of aliphatic hydroxyl groups is 1. The van der Waals surface area contributed by atoms with Gasteiger partial charge in [0.25, 0.3) is 0 Å². The highest BCUT2D eigenvalue weighted by Gasteiger charge is 2.19. The van der Waals surface area contributed by atoms with Crippen LogP contribution in [-0.4, -0.2) is 11.7 Å². The third kappa shape index (κ3) is 3.52. The van der Waals surface area contributed by atoms with Gasteiger partial charge in [0, 0.05) is 12.6 Å². The van der Waals surface area contributed by atoms with Crippen LogP contribution in [0, 0.1) is 0 Å². The Kier molecular flexibility index (Phi) is 4.69. The maximum Gasteiger partial charge on any atom is 0.0914 e. The number of nitrogens with one attached hydrogen (secondary N) is 1. The Morgan fingerprint density at radius 1 is 1.00 bits per heavy atom. The van der Waals surface area contributed by atoms with Crippen LogP contribution in [0.15, 0.2) is 54.6 Å². The maximum atomic E-state index is 10.3. The van der Waals surface area contributed by atoms with Gasteiger partial charge in [-0.1, -0.05) is 61.0 Å². The lowest BCUT2D eigenvalue weighted by Crippen LogP contribution is -2.26. The van der Waals surface area contributed by atoms with E-state index in [9.17, 15) is 5.11 Å². The lowest BCUT2D eigenvalue weighted by molar-refractivity contribution is 0.169. The Hall–Kier alpha value is -1.64. The van der Waals surface area contributed by atoms with Gasteiger partial charge in [-0.2, -0.15) is 0 Å². The first-order valence-electron chi connectivity index (χ1n) is 7.89. The van der Waals surface area contributed by atoms with Crippen LogP contribution in [0.2, 0.25) is 0 Å². The predicted molar refractivity (Wildman–Crippen MR) is 86.1 cm³/mol. The molecule has 0 radical (unpaired) electrons. The molecule has 0 saturated heterocycles. The molecule has 0 amide bonds. The molecular formula is C19H23NO. The normalized spacial score (nSPS) is 19.6. The smallest absolute Gasteiger partial charge is 0.0914 e. The van der Waals surface area contributed by atoms with Gasteiger partial charge in [0.2, 0.25) is 0 Å². The van der Waals surface area contributed by atoms with E-state index in [-0.39, 0.29) is 0 Å². The van der Waals surface area contributed by atoms with Crippen molar-refractivity contribution in [2.24, 2.45) is 0 Å². The molecule has 2 unspecified atom stereocenters. The summed E-state index contributed by atoms with van der Waals surface area (Å²) in [4.78, 5) is 0. The average molecular weight is 281 g/mol. The molecule has 2 nitrogen and oxygen atoms in total. The number of rotatable bonds is 4. The highest BCUT2D eigenvalue weighted by molar-refractivity contribution is 5.31. The summed E-state index contributed by atoms with van der Waals surface area (Å²) in [5.41, 5.74) is 3.85. The second-order valence-electron chi connectivity index (χ2n) is 5.83. The van der Waals surface area contributed by atoms with E-state index in [4.69, 9.17) is 0 Å². The van der Waals surface area contributed by atoms with E-state index < -0.39 is 6.10 Å². The van der Waals surface area contributed by atoms with E-state index in [1.54, 1.807) is 0 Å². The summed E-state index contributed by atoms with van der Waals surface area (Å²) in [5, 5.41) is 13.9. The van der Waals surface area contributed by atoms with Crippen LogP contribution in [0.4, 0.5) is 0 Å². The van der Waals surface area contributed by atoms with Crippen LogP contribution in [0.1, 0.15) is 48.1 Å². The highest BCUT2D eigenvalue weighted by Crippen LogP contribution is 2.28. The van der Waals surface area contributed by atoms with Crippen molar-refractivity contribution in [3.05, 3.63) is 71.3 Å². The Balaban J connectivity index is 1.68. The van der Waals surface area contributed by atoms with E-state index in [1.807, 2.05) is 30.3 Å². The van der Waals surface area contributed by atoms with Crippen LogP contribution in [0.25, 0.3) is 0 Å². The van der Waals surface area contributed by atoms with Gasteiger partial charge in [-0.3, -0.25) is 0 Å². The zero-order chi connectivity index (χ0) is 14.5. The van der Waals surface area contributed by atoms with Crippen LogP contribution >= 0.6 is 0 Å². The third-order valence-corrected chi connectivity index (χ3v) is 4.36. The number of hydrogen-bond donors (Lipinski definition) is 2. The molecule has 2 atom stereocenters. The second-order valence-corrected chi connectivity index (χ2v) is 5.83. The molecule has 2 N–H and O–H groups in total. The quantitative estimate of drug-likeness (QED) is 0.836. The minimum Gasteiger partial charge on any atom is -0.387 e. The van der Waals surface area contributed by atoms with Crippen molar-refractivity contribution in [1.82, 2.24) is 5.32 Å². The largest absolute Gasteiger partial charge is 0.387 e. The van der Waals surface area contributed by atoms with Crippen molar-refractivity contribution in [1.29, 1.82) is 0 Å². The van der Waals surface area contributed by atoms with Crippen molar-refractivity contribution in [3.8, 4) is 0 Å². The number of aryl methyl sites for hydroxylation is 1. The van der Waals surface area contributed by atoms with Gasteiger partial charge >= 0.3 is 0 Å². The van der Waals surface area contributed by atoms with Crippen molar-refractivity contribution in [2.75, 3.05) is 6.54 Å². The molecule has 1 aliphatic carbocycles. The molecule has 3 rings (SSSR count). The molecule has 1 aliphatic rings. The van der Waals surface area contributed by atoms with Crippen LogP contribution < -0.4 is 5.32 Å². The van der Waals surface area contributed by atoms with Crippen molar-refractivity contribution < 1.29 is 5.11 Å². The van der Waals surface area contributed by atoms with E-state index in [2.05, 4.69) is 29.6 Å². The van der Waals surface area contributed by atoms with Gasteiger partial charge in [0.05, 0.1) is 6.10 Å². The fourth-order valence-electron chi connectivity index (χ4n) is 3.18.